The Morgan fingerprint density at radius 2 is 2.47 bits per heavy atom. The summed E-state index contributed by atoms with van der Waals surface area (Å²) in [6.45, 7) is 2.90. The molecule has 0 amide bonds. The fraction of sp³-hybridized carbons (Fsp3) is 0.400. The summed E-state index contributed by atoms with van der Waals surface area (Å²) in [5, 5.41) is 7.07. The van der Waals surface area contributed by atoms with Crippen LogP contribution < -0.4 is 5.32 Å². The van der Waals surface area contributed by atoms with E-state index in [1.54, 1.807) is 12.5 Å². The number of aromatic nitrogens is 2. The zero-order valence-corrected chi connectivity index (χ0v) is 8.51. The predicted octanol–water partition coefficient (Wildman–Crippen LogP) is 1.56. The molecule has 2 heterocycles. The van der Waals surface area contributed by atoms with E-state index in [0.717, 1.165) is 24.4 Å². The van der Waals surface area contributed by atoms with Crippen LogP contribution in [0.4, 0.5) is 0 Å². The molecule has 1 atom stereocenters. The summed E-state index contributed by atoms with van der Waals surface area (Å²) in [5.74, 6) is 0.724. The van der Waals surface area contributed by atoms with E-state index in [-0.39, 0.29) is 6.04 Å². The van der Waals surface area contributed by atoms with E-state index in [2.05, 4.69) is 26.9 Å². The second-order valence-electron chi connectivity index (χ2n) is 3.33. The van der Waals surface area contributed by atoms with Crippen molar-refractivity contribution in [2.45, 2.75) is 19.4 Å². The van der Waals surface area contributed by atoms with Crippen LogP contribution in [0.1, 0.15) is 24.4 Å². The Labute approximate surface area is 87.5 Å². The average molecular weight is 207 g/mol. The third-order valence-electron chi connectivity index (χ3n) is 2.25. The number of hydrogen-bond acceptors (Lipinski definition) is 5. The maximum Gasteiger partial charge on any atom is 0.213 e. The number of nitrogens with zero attached hydrogens (tertiary/aromatic N) is 2. The van der Waals surface area contributed by atoms with Gasteiger partial charge in [-0.25, -0.2) is 0 Å². The fourth-order valence-corrected chi connectivity index (χ4v) is 1.34. The van der Waals surface area contributed by atoms with E-state index in [4.69, 9.17) is 4.42 Å². The zero-order valence-electron chi connectivity index (χ0n) is 8.51. The minimum atomic E-state index is 0.274. The SMILES string of the molecule is CC(NCCc1ncon1)c1ccoc1. The molecule has 0 aliphatic heterocycles. The monoisotopic (exact) mass is 207 g/mol. The molecule has 1 N–H and O–H groups in total. The maximum absolute atomic E-state index is 5.01. The van der Waals surface area contributed by atoms with Gasteiger partial charge in [0.25, 0.3) is 0 Å². The summed E-state index contributed by atoms with van der Waals surface area (Å²) in [6, 6.07) is 2.22. The van der Waals surface area contributed by atoms with Crippen molar-refractivity contribution in [3.8, 4) is 0 Å². The van der Waals surface area contributed by atoms with Crippen LogP contribution in [0.5, 0.6) is 0 Å². The molecule has 15 heavy (non-hydrogen) atoms. The first kappa shape index (κ1) is 9.92. The van der Waals surface area contributed by atoms with Crippen LogP contribution in [0.15, 0.2) is 33.9 Å². The highest BCUT2D eigenvalue weighted by Crippen LogP contribution is 2.11. The van der Waals surface area contributed by atoms with Gasteiger partial charge in [-0.2, -0.15) is 4.98 Å². The molecule has 0 aromatic carbocycles. The van der Waals surface area contributed by atoms with Crippen LogP contribution >= 0.6 is 0 Å². The number of nitrogens with one attached hydrogen (secondary N) is 1. The summed E-state index contributed by atoms with van der Waals surface area (Å²) in [4.78, 5) is 3.94. The summed E-state index contributed by atoms with van der Waals surface area (Å²) >= 11 is 0. The van der Waals surface area contributed by atoms with Crippen molar-refractivity contribution in [3.63, 3.8) is 0 Å². The molecule has 0 radical (unpaired) electrons. The highest BCUT2D eigenvalue weighted by atomic mass is 16.5. The second kappa shape index (κ2) is 4.75. The quantitative estimate of drug-likeness (QED) is 0.806. The molecule has 1 unspecified atom stereocenters. The first-order chi connectivity index (χ1) is 7.36. The summed E-state index contributed by atoms with van der Waals surface area (Å²) < 4.78 is 9.65. The van der Waals surface area contributed by atoms with E-state index in [1.165, 1.54) is 6.39 Å². The minimum absolute atomic E-state index is 0.274. The molecule has 0 spiro atoms. The largest absolute Gasteiger partial charge is 0.472 e. The van der Waals surface area contributed by atoms with Gasteiger partial charge in [-0.05, 0) is 13.0 Å². The van der Waals surface area contributed by atoms with Crippen LogP contribution in [0.25, 0.3) is 0 Å². The van der Waals surface area contributed by atoms with Crippen molar-refractivity contribution in [3.05, 3.63) is 36.4 Å². The van der Waals surface area contributed by atoms with Crippen LogP contribution in [-0.2, 0) is 6.42 Å². The lowest BCUT2D eigenvalue weighted by atomic mass is 10.2. The van der Waals surface area contributed by atoms with Gasteiger partial charge >= 0.3 is 0 Å². The van der Waals surface area contributed by atoms with Crippen molar-refractivity contribution < 1.29 is 8.94 Å². The first-order valence-electron chi connectivity index (χ1n) is 4.87. The Hall–Kier alpha value is -1.62. The van der Waals surface area contributed by atoms with E-state index < -0.39 is 0 Å². The lowest BCUT2D eigenvalue weighted by Gasteiger charge is -2.10. The van der Waals surface area contributed by atoms with Crippen LogP contribution in [0.3, 0.4) is 0 Å². The average Bonchev–Trinajstić information content (AvgIpc) is 2.90. The normalized spacial score (nSPS) is 12.9. The van der Waals surface area contributed by atoms with Crippen LogP contribution in [0, 0.1) is 0 Å². The topological polar surface area (TPSA) is 64.1 Å². The Morgan fingerprint density at radius 3 is 3.13 bits per heavy atom. The molecule has 0 aliphatic rings. The molecule has 0 saturated carbocycles. The molecule has 0 bridgehead atoms. The number of rotatable bonds is 5. The van der Waals surface area contributed by atoms with Gasteiger partial charge in [-0.1, -0.05) is 5.16 Å². The molecule has 2 rings (SSSR count). The van der Waals surface area contributed by atoms with Gasteiger partial charge in [0.2, 0.25) is 6.39 Å². The maximum atomic E-state index is 5.01. The molecule has 0 saturated heterocycles. The second-order valence-corrected chi connectivity index (χ2v) is 3.33. The summed E-state index contributed by atoms with van der Waals surface area (Å²) in [5.41, 5.74) is 1.14. The highest BCUT2D eigenvalue weighted by molar-refractivity contribution is 5.10. The van der Waals surface area contributed by atoms with Gasteiger partial charge in [-0.3, -0.25) is 0 Å². The summed E-state index contributed by atoms with van der Waals surface area (Å²) in [6.07, 6.45) is 5.52. The summed E-state index contributed by atoms with van der Waals surface area (Å²) in [7, 11) is 0. The predicted molar refractivity (Wildman–Crippen MR) is 53.1 cm³/mol. The van der Waals surface area contributed by atoms with Crippen molar-refractivity contribution in [1.82, 2.24) is 15.5 Å². The molecule has 2 aromatic rings. The molecule has 0 aliphatic carbocycles. The molecular formula is C10H13N3O2. The van der Waals surface area contributed by atoms with Crippen LogP contribution in [-0.4, -0.2) is 16.7 Å². The zero-order chi connectivity index (χ0) is 10.5. The molecule has 5 nitrogen and oxygen atoms in total. The Morgan fingerprint density at radius 1 is 1.53 bits per heavy atom. The third kappa shape index (κ3) is 2.66. The van der Waals surface area contributed by atoms with Gasteiger partial charge in [0, 0.05) is 24.6 Å². The molecule has 0 fully saturated rings. The van der Waals surface area contributed by atoms with Crippen LogP contribution in [0.2, 0.25) is 0 Å². The van der Waals surface area contributed by atoms with Crippen molar-refractivity contribution in [2.75, 3.05) is 6.54 Å². The van der Waals surface area contributed by atoms with E-state index in [0.29, 0.717) is 0 Å². The molecule has 2 aromatic heterocycles. The number of hydrogen-bond donors (Lipinski definition) is 1. The lowest BCUT2D eigenvalue weighted by Crippen LogP contribution is -2.21. The molecule has 5 heteroatoms. The van der Waals surface area contributed by atoms with Crippen molar-refractivity contribution in [1.29, 1.82) is 0 Å². The smallest absolute Gasteiger partial charge is 0.213 e. The van der Waals surface area contributed by atoms with Gasteiger partial charge in [-0.15, -0.1) is 0 Å². The third-order valence-corrected chi connectivity index (χ3v) is 2.25. The van der Waals surface area contributed by atoms with Crippen molar-refractivity contribution >= 4 is 0 Å². The van der Waals surface area contributed by atoms with E-state index >= 15 is 0 Å². The van der Waals surface area contributed by atoms with Crippen molar-refractivity contribution in [2.24, 2.45) is 0 Å². The van der Waals surface area contributed by atoms with Gasteiger partial charge in [0.05, 0.1) is 12.5 Å². The molecular weight excluding hydrogens is 194 g/mol. The highest BCUT2D eigenvalue weighted by Gasteiger charge is 2.06. The fourth-order valence-electron chi connectivity index (χ4n) is 1.34. The van der Waals surface area contributed by atoms with Gasteiger partial charge in [0.1, 0.15) is 0 Å². The minimum Gasteiger partial charge on any atom is -0.472 e. The lowest BCUT2D eigenvalue weighted by molar-refractivity contribution is 0.408. The number of furan rings is 1. The van der Waals surface area contributed by atoms with E-state index in [1.807, 2.05) is 6.07 Å². The molecule has 80 valence electrons. The Kier molecular flexibility index (Phi) is 3.14. The van der Waals surface area contributed by atoms with Gasteiger partial charge < -0.3 is 14.3 Å². The first-order valence-corrected chi connectivity index (χ1v) is 4.87. The Bertz CT molecular complexity index is 369. The van der Waals surface area contributed by atoms with Gasteiger partial charge in [0.15, 0.2) is 5.82 Å². The standard InChI is InChI=1S/C10H13N3O2/c1-8(9-3-5-14-6-9)11-4-2-10-12-7-15-13-10/h3,5-8,11H,2,4H2,1H3. The van der Waals surface area contributed by atoms with E-state index in [9.17, 15) is 0 Å². The Balaban J connectivity index is 1.74.